The molecule has 2 aliphatic heterocycles. The SMILES string of the molecule is CC(c1ccc(F)cc1)N1CCC(CCCO)(c2ccc(F)cc2)OC1=O.CC(c1ccccc1F)N1CCC(CCCO)(c2ccc(F)cc2)OC1=O. The molecule has 12 heteroatoms. The zero-order chi connectivity index (χ0) is 38.9. The highest BCUT2D eigenvalue weighted by atomic mass is 19.1. The van der Waals surface area contributed by atoms with Gasteiger partial charge < -0.3 is 29.5 Å². The lowest BCUT2D eigenvalue weighted by Crippen LogP contribution is -2.49. The smallest absolute Gasteiger partial charge is 0.411 e. The first-order valence-electron chi connectivity index (χ1n) is 18.1. The number of carbonyl (C=O) groups is 2. The van der Waals surface area contributed by atoms with Crippen molar-refractivity contribution in [2.24, 2.45) is 0 Å². The molecule has 2 fully saturated rings. The number of aliphatic hydroxyl groups is 2. The topological polar surface area (TPSA) is 99.5 Å². The minimum absolute atomic E-state index is 0.0177. The number of benzene rings is 4. The molecule has 4 unspecified atom stereocenters. The van der Waals surface area contributed by atoms with Crippen LogP contribution in [0, 0.1) is 23.3 Å². The molecule has 8 nitrogen and oxygen atoms in total. The monoisotopic (exact) mass is 750 g/mol. The highest BCUT2D eigenvalue weighted by Crippen LogP contribution is 2.42. The van der Waals surface area contributed by atoms with Gasteiger partial charge in [-0.15, -0.1) is 0 Å². The normalized spacial score (nSPS) is 21.0. The van der Waals surface area contributed by atoms with Crippen molar-refractivity contribution < 1.29 is 46.8 Å². The number of cyclic esters (lactones) is 2. The number of rotatable bonds is 12. The second-order valence-corrected chi connectivity index (χ2v) is 13.7. The molecule has 54 heavy (non-hydrogen) atoms. The van der Waals surface area contributed by atoms with Crippen molar-refractivity contribution in [3.8, 4) is 0 Å². The molecule has 288 valence electrons. The van der Waals surface area contributed by atoms with E-state index in [2.05, 4.69) is 0 Å². The van der Waals surface area contributed by atoms with E-state index < -0.39 is 29.4 Å². The zero-order valence-electron chi connectivity index (χ0n) is 30.4. The maximum atomic E-state index is 14.1. The van der Waals surface area contributed by atoms with Crippen LogP contribution in [0.15, 0.2) is 97.1 Å². The molecular formula is C42H46F4N2O6. The van der Waals surface area contributed by atoms with Crippen molar-refractivity contribution in [3.05, 3.63) is 143 Å². The number of hydrogen-bond acceptors (Lipinski definition) is 6. The van der Waals surface area contributed by atoms with Crippen LogP contribution < -0.4 is 0 Å². The van der Waals surface area contributed by atoms with E-state index in [9.17, 15) is 37.4 Å². The standard InChI is InChI=1S/2C21H23F2NO3/c1-15(16-3-7-18(22)8-4-16)24-13-12-21(11-2-14-25,27-20(24)26)17-5-9-19(23)10-6-17;1-15(18-5-2-3-6-19(18)23)24-13-12-21(11-4-14-25,27-20(24)26)16-7-9-17(22)10-8-16/h3-10,15,25H,2,11-14H2,1H3;2-3,5-10,15,25H,4,11-14H2,1H3. The van der Waals surface area contributed by atoms with Crippen LogP contribution >= 0.6 is 0 Å². The molecule has 0 bridgehead atoms. The van der Waals surface area contributed by atoms with Crippen molar-refractivity contribution in [1.29, 1.82) is 0 Å². The van der Waals surface area contributed by atoms with Crippen LogP contribution in [0.2, 0.25) is 0 Å². The maximum absolute atomic E-state index is 14.1. The van der Waals surface area contributed by atoms with Crippen LogP contribution in [0.25, 0.3) is 0 Å². The molecule has 6 rings (SSSR count). The van der Waals surface area contributed by atoms with Gasteiger partial charge in [0.2, 0.25) is 0 Å². The van der Waals surface area contributed by atoms with Crippen LogP contribution in [0.5, 0.6) is 0 Å². The summed E-state index contributed by atoms with van der Waals surface area (Å²) in [5.74, 6) is -1.42. The summed E-state index contributed by atoms with van der Waals surface area (Å²) in [7, 11) is 0. The summed E-state index contributed by atoms with van der Waals surface area (Å²) in [5, 5.41) is 18.5. The molecule has 4 aromatic carbocycles. The van der Waals surface area contributed by atoms with Crippen molar-refractivity contribution in [1.82, 2.24) is 9.80 Å². The maximum Gasteiger partial charge on any atom is 0.411 e. The average Bonchev–Trinajstić information content (AvgIpc) is 3.17. The Morgan fingerprint density at radius 1 is 0.611 bits per heavy atom. The Balaban J connectivity index is 0.000000208. The quantitative estimate of drug-likeness (QED) is 0.140. The summed E-state index contributed by atoms with van der Waals surface area (Å²) < 4.78 is 65.6. The first-order valence-corrected chi connectivity index (χ1v) is 18.1. The molecular weight excluding hydrogens is 704 g/mol. The number of amides is 2. The van der Waals surface area contributed by atoms with Crippen molar-refractivity contribution >= 4 is 12.2 Å². The summed E-state index contributed by atoms with van der Waals surface area (Å²) in [5.41, 5.74) is 0.867. The number of nitrogens with zero attached hydrogens (tertiary/aromatic N) is 2. The summed E-state index contributed by atoms with van der Waals surface area (Å²) in [6.07, 6.45) is 1.80. The Labute approximate surface area is 312 Å². The second-order valence-electron chi connectivity index (χ2n) is 13.7. The lowest BCUT2D eigenvalue weighted by Gasteiger charge is -2.43. The van der Waals surface area contributed by atoms with Gasteiger partial charge in [-0.25, -0.2) is 27.2 Å². The average molecular weight is 751 g/mol. The minimum Gasteiger partial charge on any atom is -0.438 e. The van der Waals surface area contributed by atoms with Gasteiger partial charge in [-0.1, -0.05) is 54.6 Å². The molecule has 2 saturated heterocycles. The molecule has 2 heterocycles. The molecule has 0 aliphatic carbocycles. The Morgan fingerprint density at radius 3 is 1.43 bits per heavy atom. The first kappa shape index (κ1) is 40.2. The Hall–Kier alpha value is -4.94. The summed E-state index contributed by atoms with van der Waals surface area (Å²) in [4.78, 5) is 28.7. The number of halogens is 4. The summed E-state index contributed by atoms with van der Waals surface area (Å²) in [6, 6.07) is 23.5. The highest BCUT2D eigenvalue weighted by Gasteiger charge is 2.44. The predicted molar refractivity (Wildman–Crippen MR) is 194 cm³/mol. The van der Waals surface area contributed by atoms with Gasteiger partial charge in [0.15, 0.2) is 0 Å². The fourth-order valence-electron chi connectivity index (χ4n) is 7.23. The number of ether oxygens (including phenoxy) is 2. The van der Waals surface area contributed by atoms with Crippen LogP contribution in [0.4, 0.5) is 27.2 Å². The van der Waals surface area contributed by atoms with Gasteiger partial charge in [0.05, 0.1) is 12.1 Å². The fraction of sp³-hybridized carbons (Fsp3) is 0.381. The van der Waals surface area contributed by atoms with E-state index in [-0.39, 0.29) is 42.5 Å². The summed E-state index contributed by atoms with van der Waals surface area (Å²) >= 11 is 0. The van der Waals surface area contributed by atoms with E-state index >= 15 is 0 Å². The fourth-order valence-corrected chi connectivity index (χ4v) is 7.23. The Morgan fingerprint density at radius 2 is 1.02 bits per heavy atom. The van der Waals surface area contributed by atoms with E-state index in [4.69, 9.17) is 9.47 Å². The number of hydrogen-bond donors (Lipinski definition) is 2. The van der Waals surface area contributed by atoms with Crippen molar-refractivity contribution in [3.63, 3.8) is 0 Å². The lowest BCUT2D eigenvalue weighted by atomic mass is 9.84. The van der Waals surface area contributed by atoms with Crippen LogP contribution in [-0.2, 0) is 20.7 Å². The molecule has 4 aromatic rings. The Bertz CT molecular complexity index is 1850. The molecule has 2 amide bonds. The van der Waals surface area contributed by atoms with E-state index in [0.717, 1.165) is 11.1 Å². The lowest BCUT2D eigenvalue weighted by molar-refractivity contribution is -0.0686. The zero-order valence-corrected chi connectivity index (χ0v) is 30.4. The van der Waals surface area contributed by atoms with E-state index in [1.807, 2.05) is 6.92 Å². The van der Waals surface area contributed by atoms with Gasteiger partial charge in [-0.05, 0) is 98.7 Å². The van der Waals surface area contributed by atoms with Crippen molar-refractivity contribution in [2.45, 2.75) is 75.7 Å². The van der Waals surface area contributed by atoms with Crippen LogP contribution in [0.1, 0.15) is 86.7 Å². The third-order valence-electron chi connectivity index (χ3n) is 10.4. The highest BCUT2D eigenvalue weighted by molar-refractivity contribution is 5.71. The third-order valence-corrected chi connectivity index (χ3v) is 10.4. The summed E-state index contributed by atoms with van der Waals surface area (Å²) in [6.45, 7) is 4.40. The van der Waals surface area contributed by atoms with Crippen LogP contribution in [-0.4, -0.2) is 58.5 Å². The molecule has 4 atom stereocenters. The predicted octanol–water partition coefficient (Wildman–Crippen LogP) is 9.07. The van der Waals surface area contributed by atoms with Gasteiger partial charge in [-0.2, -0.15) is 0 Å². The molecule has 2 aliphatic rings. The van der Waals surface area contributed by atoms with Gasteiger partial charge in [-0.3, -0.25) is 0 Å². The second kappa shape index (κ2) is 17.9. The molecule has 0 radical (unpaired) electrons. The largest absolute Gasteiger partial charge is 0.438 e. The first-order chi connectivity index (χ1) is 25.9. The minimum atomic E-state index is -0.918. The van der Waals surface area contributed by atoms with E-state index in [0.29, 0.717) is 62.7 Å². The van der Waals surface area contributed by atoms with Gasteiger partial charge in [0.1, 0.15) is 34.5 Å². The van der Waals surface area contributed by atoms with E-state index in [1.54, 1.807) is 66.4 Å². The molecule has 0 spiro atoms. The van der Waals surface area contributed by atoms with Gasteiger partial charge in [0.25, 0.3) is 0 Å². The molecule has 0 saturated carbocycles. The van der Waals surface area contributed by atoms with Gasteiger partial charge in [0, 0.05) is 44.7 Å². The Kier molecular flexibility index (Phi) is 13.4. The molecule has 2 N–H and O–H groups in total. The van der Waals surface area contributed by atoms with Crippen LogP contribution in [0.3, 0.4) is 0 Å². The number of aliphatic hydroxyl groups excluding tert-OH is 2. The van der Waals surface area contributed by atoms with E-state index in [1.165, 1.54) is 47.4 Å². The van der Waals surface area contributed by atoms with Gasteiger partial charge >= 0.3 is 12.2 Å². The number of carbonyl (C=O) groups excluding carboxylic acids is 2. The third kappa shape index (κ3) is 9.22. The molecule has 0 aromatic heterocycles. The van der Waals surface area contributed by atoms with Crippen molar-refractivity contribution in [2.75, 3.05) is 26.3 Å².